The zero-order chi connectivity index (χ0) is 22.6. The van der Waals surface area contributed by atoms with Gasteiger partial charge in [0, 0.05) is 23.0 Å². The zero-order valence-corrected chi connectivity index (χ0v) is 18.8. The van der Waals surface area contributed by atoms with Crippen molar-refractivity contribution in [1.82, 2.24) is 30.1 Å². The van der Waals surface area contributed by atoms with Gasteiger partial charge in [0.05, 0.1) is 7.11 Å². The van der Waals surface area contributed by atoms with Crippen LogP contribution in [0.15, 0.2) is 59.4 Å². The summed E-state index contributed by atoms with van der Waals surface area (Å²) in [5.74, 6) is 1.46. The number of piperidine rings is 1. The van der Waals surface area contributed by atoms with Crippen LogP contribution in [0.5, 0.6) is 5.75 Å². The molecule has 1 N–H and O–H groups in total. The molecule has 1 aliphatic heterocycles. The van der Waals surface area contributed by atoms with Gasteiger partial charge in [-0.05, 0) is 72.6 Å². The van der Waals surface area contributed by atoms with Crippen LogP contribution in [0.2, 0.25) is 0 Å². The minimum absolute atomic E-state index is 0.110. The number of aryl methyl sites for hydroxylation is 2. The van der Waals surface area contributed by atoms with Gasteiger partial charge >= 0.3 is 0 Å². The number of hydrogen-bond acceptors (Lipinski definition) is 6. The molecule has 0 aliphatic carbocycles. The highest BCUT2D eigenvalue weighted by Crippen LogP contribution is 2.30. The van der Waals surface area contributed by atoms with E-state index in [2.05, 4.69) is 37.5 Å². The molecule has 0 spiro atoms. The number of likely N-dealkylation sites (tertiary alicyclic amines) is 1. The fourth-order valence-corrected chi connectivity index (χ4v) is 4.65. The zero-order valence-electron chi connectivity index (χ0n) is 18.8. The normalized spacial score (nSPS) is 15.5. The lowest BCUT2D eigenvalue weighted by molar-refractivity contribution is 0.176. The number of rotatable bonds is 7. The van der Waals surface area contributed by atoms with Crippen molar-refractivity contribution in [1.29, 1.82) is 0 Å². The van der Waals surface area contributed by atoms with Gasteiger partial charge in [-0.25, -0.2) is 4.68 Å². The molecule has 0 radical (unpaired) electrons. The Morgan fingerprint density at radius 1 is 1.06 bits per heavy atom. The molecular formula is C25H28N6O2. The van der Waals surface area contributed by atoms with E-state index >= 15 is 0 Å². The number of hydrogen-bond donors (Lipinski definition) is 1. The van der Waals surface area contributed by atoms with Crippen LogP contribution in [-0.4, -0.2) is 50.3 Å². The maximum Gasteiger partial charge on any atom is 0.253 e. The molecule has 5 rings (SSSR count). The second-order valence-corrected chi connectivity index (χ2v) is 8.50. The van der Waals surface area contributed by atoms with Crippen LogP contribution in [0.3, 0.4) is 0 Å². The van der Waals surface area contributed by atoms with Crippen molar-refractivity contribution in [2.75, 3.05) is 20.2 Å². The summed E-state index contributed by atoms with van der Waals surface area (Å²) in [5, 5.41) is 13.6. The molecule has 1 saturated heterocycles. The van der Waals surface area contributed by atoms with Crippen LogP contribution in [-0.2, 0) is 13.0 Å². The minimum Gasteiger partial charge on any atom is -0.497 e. The van der Waals surface area contributed by atoms with E-state index in [4.69, 9.17) is 4.74 Å². The third kappa shape index (κ3) is 4.52. The van der Waals surface area contributed by atoms with Gasteiger partial charge in [0.25, 0.3) is 5.56 Å². The van der Waals surface area contributed by atoms with Gasteiger partial charge in [0.1, 0.15) is 11.8 Å². The molecule has 0 saturated carbocycles. The lowest BCUT2D eigenvalue weighted by Crippen LogP contribution is -2.38. The number of ether oxygens (including phenoxy) is 1. The Morgan fingerprint density at radius 3 is 2.67 bits per heavy atom. The fraction of sp³-hybridized carbons (Fsp3) is 0.360. The van der Waals surface area contributed by atoms with Crippen molar-refractivity contribution in [3.05, 3.63) is 81.9 Å². The van der Waals surface area contributed by atoms with Gasteiger partial charge in [0.2, 0.25) is 0 Å². The standard InChI is InChI=1S/C25H28N6O2/c1-33-20-10-11-22-19(16-20)17-21(25(32)26-22)23(30-13-6-3-7-14-30)24-27-28-29-31(24)15-12-18-8-4-2-5-9-18/h2,4-5,8-11,16-17,23H,3,6-7,12-15H2,1H3,(H,26,32)/t23-/m0/s1. The lowest BCUT2D eigenvalue weighted by Gasteiger charge is -2.33. The summed E-state index contributed by atoms with van der Waals surface area (Å²) in [6.07, 6.45) is 4.22. The van der Waals surface area contributed by atoms with E-state index in [1.54, 1.807) is 7.11 Å². The summed E-state index contributed by atoms with van der Waals surface area (Å²) in [4.78, 5) is 18.7. The molecule has 8 heteroatoms. The van der Waals surface area contributed by atoms with E-state index < -0.39 is 0 Å². The molecule has 1 fully saturated rings. The summed E-state index contributed by atoms with van der Waals surface area (Å²) in [5.41, 5.74) is 2.56. The molecule has 1 atom stereocenters. The molecule has 8 nitrogen and oxygen atoms in total. The number of aromatic nitrogens is 5. The molecule has 4 aromatic rings. The second kappa shape index (κ2) is 9.54. The van der Waals surface area contributed by atoms with E-state index in [9.17, 15) is 4.79 Å². The summed E-state index contributed by atoms with van der Waals surface area (Å²) in [6.45, 7) is 2.47. The summed E-state index contributed by atoms with van der Waals surface area (Å²) in [6, 6.07) is 17.6. The van der Waals surface area contributed by atoms with Crippen LogP contribution in [0.25, 0.3) is 10.9 Å². The van der Waals surface area contributed by atoms with Crippen LogP contribution in [0, 0.1) is 0 Å². The van der Waals surface area contributed by atoms with E-state index in [0.717, 1.165) is 49.0 Å². The number of nitrogens with one attached hydrogen (secondary N) is 1. The topological polar surface area (TPSA) is 88.9 Å². The Bertz CT molecular complexity index is 1280. The fourth-order valence-electron chi connectivity index (χ4n) is 4.65. The van der Waals surface area contributed by atoms with Gasteiger partial charge in [-0.1, -0.05) is 36.8 Å². The first kappa shape index (κ1) is 21.3. The van der Waals surface area contributed by atoms with E-state index in [1.807, 2.05) is 47.1 Å². The molecular weight excluding hydrogens is 416 g/mol. The van der Waals surface area contributed by atoms with E-state index in [0.29, 0.717) is 17.9 Å². The van der Waals surface area contributed by atoms with Gasteiger partial charge < -0.3 is 9.72 Å². The first-order valence-corrected chi connectivity index (χ1v) is 11.5. The van der Waals surface area contributed by atoms with Crippen LogP contribution in [0.1, 0.15) is 42.3 Å². The molecule has 170 valence electrons. The highest BCUT2D eigenvalue weighted by molar-refractivity contribution is 5.80. The molecule has 0 amide bonds. The molecule has 33 heavy (non-hydrogen) atoms. The van der Waals surface area contributed by atoms with Crippen molar-refractivity contribution < 1.29 is 4.74 Å². The number of benzene rings is 2. The van der Waals surface area contributed by atoms with Gasteiger partial charge in [0.15, 0.2) is 5.82 Å². The Labute approximate surface area is 192 Å². The third-order valence-corrected chi connectivity index (χ3v) is 6.39. The van der Waals surface area contributed by atoms with Gasteiger partial charge in [-0.15, -0.1) is 5.10 Å². The third-order valence-electron chi connectivity index (χ3n) is 6.39. The van der Waals surface area contributed by atoms with Gasteiger partial charge in [-0.3, -0.25) is 9.69 Å². The highest BCUT2D eigenvalue weighted by atomic mass is 16.5. The van der Waals surface area contributed by atoms with Gasteiger partial charge in [-0.2, -0.15) is 0 Å². The average Bonchev–Trinajstić information content (AvgIpc) is 3.32. The maximum atomic E-state index is 13.3. The molecule has 0 unspecified atom stereocenters. The maximum absolute atomic E-state index is 13.3. The average molecular weight is 445 g/mol. The van der Waals surface area contributed by atoms with Crippen molar-refractivity contribution in [2.24, 2.45) is 0 Å². The molecule has 0 bridgehead atoms. The first-order valence-electron chi connectivity index (χ1n) is 11.5. The van der Waals surface area contributed by atoms with Crippen molar-refractivity contribution >= 4 is 10.9 Å². The Balaban J connectivity index is 1.56. The highest BCUT2D eigenvalue weighted by Gasteiger charge is 2.31. The second-order valence-electron chi connectivity index (χ2n) is 8.50. The smallest absolute Gasteiger partial charge is 0.253 e. The van der Waals surface area contributed by atoms with Crippen LogP contribution in [0.4, 0.5) is 0 Å². The van der Waals surface area contributed by atoms with E-state index in [-0.39, 0.29) is 11.6 Å². The van der Waals surface area contributed by atoms with E-state index in [1.165, 1.54) is 12.0 Å². The number of tetrazole rings is 1. The lowest BCUT2D eigenvalue weighted by atomic mass is 10.0. The first-order chi connectivity index (χ1) is 16.2. The number of H-pyrrole nitrogens is 1. The predicted molar refractivity (Wildman–Crippen MR) is 126 cm³/mol. The number of aromatic amines is 1. The number of fused-ring (bicyclic) bond motifs is 1. The Kier molecular flexibility index (Phi) is 6.17. The van der Waals surface area contributed by atoms with Crippen molar-refractivity contribution in [3.8, 4) is 5.75 Å². The molecule has 2 aromatic carbocycles. The van der Waals surface area contributed by atoms with Crippen molar-refractivity contribution in [3.63, 3.8) is 0 Å². The number of methoxy groups -OCH3 is 1. The SMILES string of the molecule is COc1ccc2[nH]c(=O)c([C@@H](c3nnnn3CCc3ccccc3)N3CCCCC3)cc2c1. The Hall–Kier alpha value is -3.52. The summed E-state index contributed by atoms with van der Waals surface area (Å²) >= 11 is 0. The number of nitrogens with zero attached hydrogens (tertiary/aromatic N) is 5. The molecule has 2 aromatic heterocycles. The molecule has 1 aliphatic rings. The summed E-state index contributed by atoms with van der Waals surface area (Å²) < 4.78 is 7.24. The minimum atomic E-state index is -0.310. The summed E-state index contributed by atoms with van der Waals surface area (Å²) in [7, 11) is 1.64. The predicted octanol–water partition coefficient (Wildman–Crippen LogP) is 3.34. The monoisotopic (exact) mass is 444 g/mol. The van der Waals surface area contributed by atoms with Crippen LogP contribution < -0.4 is 10.3 Å². The largest absolute Gasteiger partial charge is 0.497 e. The number of pyridine rings is 1. The molecule has 3 heterocycles. The quantitative estimate of drug-likeness (QED) is 0.470. The van der Waals surface area contributed by atoms with Crippen LogP contribution >= 0.6 is 0 Å². The van der Waals surface area contributed by atoms with Crippen molar-refractivity contribution in [2.45, 2.75) is 38.3 Å². The Morgan fingerprint density at radius 2 is 1.88 bits per heavy atom.